The Morgan fingerprint density at radius 3 is 1.92 bits per heavy atom. The van der Waals surface area contributed by atoms with Crippen LogP contribution in [0.15, 0.2) is 0 Å². The normalized spacial score (nSPS) is 19.2. The van der Waals surface area contributed by atoms with E-state index in [4.69, 9.17) is 0 Å². The van der Waals surface area contributed by atoms with Crippen molar-refractivity contribution in [1.29, 1.82) is 0 Å². The zero-order valence-corrected chi connectivity index (χ0v) is 10.1. The largest absolute Gasteiger partial charge is 0.317 e. The summed E-state index contributed by atoms with van der Waals surface area (Å²) in [6.07, 6.45) is 4.17. The SMILES string of the molecule is CC.CC(C)(C)CC1CCNCC1. The molecule has 0 amide bonds. The van der Waals surface area contributed by atoms with Crippen LogP contribution < -0.4 is 5.32 Å². The second-order valence-electron chi connectivity index (χ2n) is 4.96. The summed E-state index contributed by atoms with van der Waals surface area (Å²) in [6.45, 7) is 13.5. The Morgan fingerprint density at radius 1 is 1.08 bits per heavy atom. The number of rotatable bonds is 1. The van der Waals surface area contributed by atoms with Gasteiger partial charge in [-0.05, 0) is 43.7 Å². The average Bonchev–Trinajstić information content (AvgIpc) is 2.07. The minimum atomic E-state index is 0.530. The van der Waals surface area contributed by atoms with Crippen LogP contribution in [0.4, 0.5) is 0 Å². The van der Waals surface area contributed by atoms with E-state index in [1.807, 2.05) is 13.8 Å². The van der Waals surface area contributed by atoms with E-state index >= 15 is 0 Å². The van der Waals surface area contributed by atoms with Crippen LogP contribution in [-0.4, -0.2) is 13.1 Å². The van der Waals surface area contributed by atoms with Crippen LogP contribution in [0.25, 0.3) is 0 Å². The second-order valence-corrected chi connectivity index (χ2v) is 4.96. The fourth-order valence-corrected chi connectivity index (χ4v) is 1.95. The molecule has 1 heterocycles. The first kappa shape index (κ1) is 13.0. The summed E-state index contributed by atoms with van der Waals surface area (Å²) in [6, 6.07) is 0. The number of piperidine rings is 1. The van der Waals surface area contributed by atoms with Crippen LogP contribution >= 0.6 is 0 Å². The van der Waals surface area contributed by atoms with Crippen molar-refractivity contribution in [2.24, 2.45) is 11.3 Å². The molecule has 1 heteroatoms. The van der Waals surface area contributed by atoms with E-state index in [1.54, 1.807) is 0 Å². The molecule has 80 valence electrons. The number of nitrogens with one attached hydrogen (secondary N) is 1. The van der Waals surface area contributed by atoms with Crippen molar-refractivity contribution in [3.8, 4) is 0 Å². The highest BCUT2D eigenvalue weighted by atomic mass is 14.9. The van der Waals surface area contributed by atoms with Gasteiger partial charge in [0.15, 0.2) is 0 Å². The Kier molecular flexibility index (Phi) is 6.40. The fourth-order valence-electron chi connectivity index (χ4n) is 1.95. The average molecular weight is 185 g/mol. The zero-order valence-electron chi connectivity index (χ0n) is 10.1. The van der Waals surface area contributed by atoms with E-state index < -0.39 is 0 Å². The van der Waals surface area contributed by atoms with E-state index in [1.165, 1.54) is 32.4 Å². The van der Waals surface area contributed by atoms with Gasteiger partial charge in [-0.3, -0.25) is 0 Å². The standard InChI is InChI=1S/C10H21N.C2H6/c1-10(2,3)8-9-4-6-11-7-5-9;1-2/h9,11H,4-8H2,1-3H3;1-2H3. The molecule has 0 aromatic carbocycles. The van der Waals surface area contributed by atoms with Crippen LogP contribution in [0.5, 0.6) is 0 Å². The Labute approximate surface area is 84.3 Å². The van der Waals surface area contributed by atoms with Gasteiger partial charge in [0, 0.05) is 0 Å². The van der Waals surface area contributed by atoms with Gasteiger partial charge in [-0.25, -0.2) is 0 Å². The molecule has 0 aromatic rings. The molecule has 0 aliphatic carbocycles. The van der Waals surface area contributed by atoms with Gasteiger partial charge in [0.25, 0.3) is 0 Å². The highest BCUT2D eigenvalue weighted by molar-refractivity contribution is 4.74. The van der Waals surface area contributed by atoms with Gasteiger partial charge in [-0.15, -0.1) is 0 Å². The first-order valence-corrected chi connectivity index (χ1v) is 5.79. The lowest BCUT2D eigenvalue weighted by molar-refractivity contribution is 0.248. The first-order valence-electron chi connectivity index (χ1n) is 5.79. The Bertz CT molecular complexity index is 107. The minimum Gasteiger partial charge on any atom is -0.317 e. The van der Waals surface area contributed by atoms with Gasteiger partial charge in [-0.2, -0.15) is 0 Å². The third kappa shape index (κ3) is 7.06. The Balaban J connectivity index is 0.000000671. The predicted molar refractivity (Wildman–Crippen MR) is 61.0 cm³/mol. The molecule has 13 heavy (non-hydrogen) atoms. The van der Waals surface area contributed by atoms with Crippen molar-refractivity contribution in [2.75, 3.05) is 13.1 Å². The van der Waals surface area contributed by atoms with Gasteiger partial charge in [0.05, 0.1) is 0 Å². The molecule has 0 aromatic heterocycles. The molecule has 0 unspecified atom stereocenters. The van der Waals surface area contributed by atoms with Crippen molar-refractivity contribution in [1.82, 2.24) is 5.32 Å². The molecule has 1 N–H and O–H groups in total. The molecule has 0 atom stereocenters. The molecule has 1 aliphatic heterocycles. The lowest BCUT2D eigenvalue weighted by Gasteiger charge is -2.29. The monoisotopic (exact) mass is 185 g/mol. The third-order valence-corrected chi connectivity index (χ3v) is 2.36. The van der Waals surface area contributed by atoms with Crippen molar-refractivity contribution in [3.63, 3.8) is 0 Å². The van der Waals surface area contributed by atoms with Crippen molar-refractivity contribution >= 4 is 0 Å². The van der Waals surface area contributed by atoms with Crippen molar-refractivity contribution in [3.05, 3.63) is 0 Å². The topological polar surface area (TPSA) is 12.0 Å². The van der Waals surface area contributed by atoms with Crippen LogP contribution in [0.1, 0.15) is 53.9 Å². The zero-order chi connectivity index (χ0) is 10.3. The molecule has 1 nitrogen and oxygen atoms in total. The lowest BCUT2D eigenvalue weighted by Crippen LogP contribution is -2.29. The maximum absolute atomic E-state index is 3.40. The van der Waals surface area contributed by atoms with Crippen LogP contribution in [0, 0.1) is 11.3 Å². The summed E-state index contributed by atoms with van der Waals surface area (Å²) in [4.78, 5) is 0. The number of hydrogen-bond donors (Lipinski definition) is 1. The third-order valence-electron chi connectivity index (χ3n) is 2.36. The molecule has 1 saturated heterocycles. The molecule has 1 aliphatic rings. The Morgan fingerprint density at radius 2 is 1.54 bits per heavy atom. The summed E-state index contributed by atoms with van der Waals surface area (Å²) in [5, 5.41) is 3.40. The predicted octanol–water partition coefficient (Wildman–Crippen LogP) is 3.45. The molecule has 1 fully saturated rings. The molecular formula is C12H27N. The van der Waals surface area contributed by atoms with Crippen molar-refractivity contribution < 1.29 is 0 Å². The van der Waals surface area contributed by atoms with Gasteiger partial charge in [0.2, 0.25) is 0 Å². The lowest BCUT2D eigenvalue weighted by atomic mass is 9.81. The maximum atomic E-state index is 3.40. The van der Waals surface area contributed by atoms with E-state index in [-0.39, 0.29) is 0 Å². The minimum absolute atomic E-state index is 0.530. The van der Waals surface area contributed by atoms with Gasteiger partial charge >= 0.3 is 0 Å². The van der Waals surface area contributed by atoms with Gasteiger partial charge in [-0.1, -0.05) is 34.6 Å². The summed E-state index contributed by atoms with van der Waals surface area (Å²) in [5.41, 5.74) is 0.530. The van der Waals surface area contributed by atoms with Crippen LogP contribution in [0.3, 0.4) is 0 Å². The van der Waals surface area contributed by atoms with Crippen LogP contribution in [0.2, 0.25) is 0 Å². The second kappa shape index (κ2) is 6.42. The van der Waals surface area contributed by atoms with E-state index in [9.17, 15) is 0 Å². The van der Waals surface area contributed by atoms with Gasteiger partial charge in [0.1, 0.15) is 0 Å². The van der Waals surface area contributed by atoms with E-state index in [0.717, 1.165) is 5.92 Å². The Hall–Kier alpha value is -0.0400. The summed E-state index contributed by atoms with van der Waals surface area (Å²) in [5.74, 6) is 0.983. The maximum Gasteiger partial charge on any atom is -0.00463 e. The van der Waals surface area contributed by atoms with E-state index in [2.05, 4.69) is 26.1 Å². The van der Waals surface area contributed by atoms with E-state index in [0.29, 0.717) is 5.41 Å². The first-order chi connectivity index (χ1) is 6.08. The van der Waals surface area contributed by atoms with Crippen molar-refractivity contribution in [2.45, 2.75) is 53.9 Å². The molecule has 0 bridgehead atoms. The summed E-state index contributed by atoms with van der Waals surface area (Å²) >= 11 is 0. The summed E-state index contributed by atoms with van der Waals surface area (Å²) < 4.78 is 0. The smallest absolute Gasteiger partial charge is 0.00463 e. The summed E-state index contributed by atoms with van der Waals surface area (Å²) in [7, 11) is 0. The highest BCUT2D eigenvalue weighted by Gasteiger charge is 2.19. The molecule has 0 spiro atoms. The van der Waals surface area contributed by atoms with Gasteiger partial charge < -0.3 is 5.32 Å². The number of hydrogen-bond acceptors (Lipinski definition) is 1. The fraction of sp³-hybridized carbons (Fsp3) is 1.00. The van der Waals surface area contributed by atoms with Crippen LogP contribution in [-0.2, 0) is 0 Å². The molecule has 1 rings (SSSR count). The highest BCUT2D eigenvalue weighted by Crippen LogP contribution is 2.28. The molecule has 0 radical (unpaired) electrons. The quantitative estimate of drug-likeness (QED) is 0.660. The molecule has 0 saturated carbocycles. The molecular weight excluding hydrogens is 158 g/mol.